The van der Waals surface area contributed by atoms with Gasteiger partial charge in [-0.2, -0.15) is 11.8 Å². The van der Waals surface area contributed by atoms with Gasteiger partial charge in [0.2, 0.25) is 5.91 Å². The molecule has 126 valence electrons. The first-order chi connectivity index (χ1) is 10.7. The van der Waals surface area contributed by atoms with Crippen molar-refractivity contribution in [2.45, 2.75) is 51.1 Å². The van der Waals surface area contributed by atoms with Gasteiger partial charge in [0.1, 0.15) is 0 Å². The summed E-state index contributed by atoms with van der Waals surface area (Å²) in [5.41, 5.74) is 0. The highest BCUT2D eigenvalue weighted by Crippen LogP contribution is 2.27. The Morgan fingerprint density at radius 1 is 1.18 bits per heavy atom. The number of carbonyl (C=O) groups excluding carboxylic acids is 1. The highest BCUT2D eigenvalue weighted by molar-refractivity contribution is 7.99. The molecule has 0 spiro atoms. The Balaban J connectivity index is 1.41. The van der Waals surface area contributed by atoms with Crippen molar-refractivity contribution in [1.29, 1.82) is 0 Å². The Bertz CT molecular complexity index is 360. The Kier molecular flexibility index (Phi) is 6.05. The highest BCUT2D eigenvalue weighted by atomic mass is 32.2. The van der Waals surface area contributed by atoms with Gasteiger partial charge in [0.15, 0.2) is 0 Å². The van der Waals surface area contributed by atoms with Crippen molar-refractivity contribution in [1.82, 2.24) is 10.2 Å². The molecule has 3 saturated heterocycles. The van der Waals surface area contributed by atoms with Crippen LogP contribution in [-0.4, -0.2) is 60.7 Å². The molecule has 0 aromatic rings. The Labute approximate surface area is 138 Å². The van der Waals surface area contributed by atoms with E-state index in [-0.39, 0.29) is 5.92 Å². The first kappa shape index (κ1) is 16.6. The van der Waals surface area contributed by atoms with Gasteiger partial charge in [-0.15, -0.1) is 0 Å². The van der Waals surface area contributed by atoms with E-state index >= 15 is 0 Å². The fourth-order valence-corrected chi connectivity index (χ4v) is 5.27. The molecule has 0 aromatic heterocycles. The number of ether oxygens (including phenoxy) is 1. The fraction of sp³-hybridized carbons (Fsp3) is 0.941. The molecular formula is C17H30N2O2S. The summed E-state index contributed by atoms with van der Waals surface area (Å²) in [4.78, 5) is 15.1. The van der Waals surface area contributed by atoms with Gasteiger partial charge in [0.05, 0.1) is 0 Å². The summed E-state index contributed by atoms with van der Waals surface area (Å²) in [5.74, 6) is 3.71. The van der Waals surface area contributed by atoms with Crippen molar-refractivity contribution in [2.75, 3.05) is 37.8 Å². The number of nitrogens with one attached hydrogen (secondary N) is 1. The van der Waals surface area contributed by atoms with Gasteiger partial charge >= 0.3 is 0 Å². The molecule has 3 aliphatic heterocycles. The van der Waals surface area contributed by atoms with Gasteiger partial charge in [0.25, 0.3) is 0 Å². The van der Waals surface area contributed by atoms with Crippen LogP contribution in [0.2, 0.25) is 0 Å². The number of nitrogens with zero attached hydrogens (tertiary/aromatic N) is 1. The van der Waals surface area contributed by atoms with Crippen molar-refractivity contribution in [3.63, 3.8) is 0 Å². The molecule has 0 saturated carbocycles. The standard InChI is InChI=1S/C17H30N2O2S/c1-13(14-4-9-21-10-5-14)18-17(20)15-2-7-19(8-3-15)16-6-11-22-12-16/h13-16H,2-12H2,1H3,(H,18,20)/t13-,16+/m0/s1. The van der Waals surface area contributed by atoms with Crippen LogP contribution in [0.3, 0.4) is 0 Å². The molecular weight excluding hydrogens is 296 g/mol. The molecule has 0 unspecified atom stereocenters. The van der Waals surface area contributed by atoms with Crippen LogP contribution in [0.5, 0.6) is 0 Å². The molecule has 0 aliphatic carbocycles. The maximum Gasteiger partial charge on any atom is 0.223 e. The summed E-state index contributed by atoms with van der Waals surface area (Å²) in [6.07, 6.45) is 5.57. The molecule has 5 heteroatoms. The maximum atomic E-state index is 12.5. The lowest BCUT2D eigenvalue weighted by Gasteiger charge is -2.36. The lowest BCUT2D eigenvalue weighted by atomic mass is 9.90. The topological polar surface area (TPSA) is 41.6 Å². The van der Waals surface area contributed by atoms with E-state index < -0.39 is 0 Å². The van der Waals surface area contributed by atoms with Crippen LogP contribution in [0.25, 0.3) is 0 Å². The second kappa shape index (κ2) is 8.02. The number of hydrogen-bond acceptors (Lipinski definition) is 4. The third-order valence-corrected chi connectivity index (χ3v) is 6.81. The third kappa shape index (κ3) is 4.18. The molecule has 3 heterocycles. The van der Waals surface area contributed by atoms with E-state index in [9.17, 15) is 4.79 Å². The first-order valence-corrected chi connectivity index (χ1v) is 10.1. The van der Waals surface area contributed by atoms with Crippen molar-refractivity contribution in [3.05, 3.63) is 0 Å². The lowest BCUT2D eigenvalue weighted by Crippen LogP contribution is -2.47. The predicted molar refractivity (Wildman–Crippen MR) is 91.2 cm³/mol. The Morgan fingerprint density at radius 2 is 1.91 bits per heavy atom. The number of amides is 1. The van der Waals surface area contributed by atoms with Crippen molar-refractivity contribution < 1.29 is 9.53 Å². The summed E-state index contributed by atoms with van der Waals surface area (Å²) in [6.45, 7) is 6.08. The van der Waals surface area contributed by atoms with E-state index in [1.807, 2.05) is 0 Å². The average molecular weight is 327 g/mol. The SMILES string of the molecule is C[C@H](NC(=O)C1CCN([C@@H]2CCSC2)CC1)C1CCOCC1. The molecule has 2 atom stereocenters. The quantitative estimate of drug-likeness (QED) is 0.859. The largest absolute Gasteiger partial charge is 0.381 e. The van der Waals surface area contributed by atoms with E-state index in [1.54, 1.807) is 0 Å². The van der Waals surface area contributed by atoms with E-state index in [1.165, 1.54) is 17.9 Å². The normalized spacial score (nSPS) is 30.3. The van der Waals surface area contributed by atoms with Crippen LogP contribution in [0.15, 0.2) is 0 Å². The summed E-state index contributed by atoms with van der Waals surface area (Å²) in [6, 6.07) is 1.07. The first-order valence-electron chi connectivity index (χ1n) is 8.94. The van der Waals surface area contributed by atoms with E-state index in [0.29, 0.717) is 17.9 Å². The number of likely N-dealkylation sites (tertiary alicyclic amines) is 1. The summed E-state index contributed by atoms with van der Waals surface area (Å²) >= 11 is 2.08. The van der Waals surface area contributed by atoms with Gasteiger partial charge in [-0.1, -0.05) is 0 Å². The molecule has 4 nitrogen and oxygen atoms in total. The minimum Gasteiger partial charge on any atom is -0.381 e. The lowest BCUT2D eigenvalue weighted by molar-refractivity contribution is -0.127. The van der Waals surface area contributed by atoms with Crippen LogP contribution >= 0.6 is 11.8 Å². The van der Waals surface area contributed by atoms with Crippen LogP contribution in [-0.2, 0) is 9.53 Å². The minimum absolute atomic E-state index is 0.229. The van der Waals surface area contributed by atoms with Crippen LogP contribution in [0.1, 0.15) is 39.0 Å². The molecule has 0 aromatic carbocycles. The zero-order valence-electron chi connectivity index (χ0n) is 13.8. The van der Waals surface area contributed by atoms with Crippen LogP contribution < -0.4 is 5.32 Å². The zero-order chi connectivity index (χ0) is 15.4. The van der Waals surface area contributed by atoms with Gasteiger partial charge in [-0.05, 0) is 63.8 Å². The number of piperidine rings is 1. The van der Waals surface area contributed by atoms with Gasteiger partial charge in [0, 0.05) is 37.0 Å². The molecule has 1 N–H and O–H groups in total. The van der Waals surface area contributed by atoms with Gasteiger partial charge in [-0.25, -0.2) is 0 Å². The summed E-state index contributed by atoms with van der Waals surface area (Å²) < 4.78 is 5.41. The van der Waals surface area contributed by atoms with Crippen molar-refractivity contribution >= 4 is 17.7 Å². The number of rotatable bonds is 4. The molecule has 3 fully saturated rings. The van der Waals surface area contributed by atoms with Gasteiger partial charge < -0.3 is 10.1 Å². The Hall–Kier alpha value is -0.260. The van der Waals surface area contributed by atoms with Crippen molar-refractivity contribution in [2.24, 2.45) is 11.8 Å². The Morgan fingerprint density at radius 3 is 2.55 bits per heavy atom. The smallest absolute Gasteiger partial charge is 0.223 e. The number of carbonyl (C=O) groups is 1. The average Bonchev–Trinajstić information content (AvgIpc) is 3.10. The molecule has 3 aliphatic rings. The van der Waals surface area contributed by atoms with Crippen LogP contribution in [0.4, 0.5) is 0 Å². The van der Waals surface area contributed by atoms with Gasteiger partial charge in [-0.3, -0.25) is 9.69 Å². The minimum atomic E-state index is 0.229. The van der Waals surface area contributed by atoms with E-state index in [4.69, 9.17) is 4.74 Å². The second-order valence-corrected chi connectivity index (χ2v) is 8.22. The second-order valence-electron chi connectivity index (χ2n) is 7.07. The molecule has 3 rings (SSSR count). The molecule has 0 bridgehead atoms. The van der Waals surface area contributed by atoms with E-state index in [0.717, 1.165) is 58.0 Å². The van der Waals surface area contributed by atoms with Crippen molar-refractivity contribution in [3.8, 4) is 0 Å². The monoisotopic (exact) mass is 326 g/mol. The van der Waals surface area contributed by atoms with Crippen LogP contribution in [0, 0.1) is 11.8 Å². The fourth-order valence-electron chi connectivity index (χ4n) is 4.01. The summed E-state index contributed by atoms with van der Waals surface area (Å²) in [7, 11) is 0. The third-order valence-electron chi connectivity index (χ3n) is 5.67. The molecule has 1 amide bonds. The van der Waals surface area contributed by atoms with E-state index in [2.05, 4.69) is 28.9 Å². The zero-order valence-corrected chi connectivity index (χ0v) is 14.6. The molecule has 0 radical (unpaired) electrons. The highest BCUT2D eigenvalue weighted by Gasteiger charge is 2.31. The molecule has 22 heavy (non-hydrogen) atoms. The number of hydrogen-bond donors (Lipinski definition) is 1. The maximum absolute atomic E-state index is 12.5. The predicted octanol–water partition coefficient (Wildman–Crippen LogP) is 2.14. The number of thioether (sulfide) groups is 1. The summed E-state index contributed by atoms with van der Waals surface area (Å²) in [5, 5.41) is 3.29.